The molecule has 1 saturated carbocycles. The Morgan fingerprint density at radius 2 is 2.10 bits per heavy atom. The van der Waals surface area contributed by atoms with E-state index in [4.69, 9.17) is 4.74 Å². The Balaban J connectivity index is 1.77. The van der Waals surface area contributed by atoms with Crippen LogP contribution in [0, 0.1) is 5.92 Å². The van der Waals surface area contributed by atoms with Gasteiger partial charge in [-0.15, -0.1) is 0 Å². The van der Waals surface area contributed by atoms with Crippen LogP contribution in [0.1, 0.15) is 44.6 Å². The largest absolute Gasteiger partial charge is 0.381 e. The van der Waals surface area contributed by atoms with Crippen molar-refractivity contribution in [2.45, 2.75) is 51.5 Å². The fourth-order valence-electron chi connectivity index (χ4n) is 2.47. The number of rotatable bonds is 11. The van der Waals surface area contributed by atoms with E-state index in [-0.39, 0.29) is 0 Å². The van der Waals surface area contributed by atoms with Gasteiger partial charge >= 0.3 is 0 Å². The van der Waals surface area contributed by atoms with E-state index in [0.717, 1.165) is 38.6 Å². The second-order valence-electron chi connectivity index (χ2n) is 6.10. The van der Waals surface area contributed by atoms with Crippen LogP contribution in [0.25, 0.3) is 0 Å². The van der Waals surface area contributed by atoms with Crippen molar-refractivity contribution in [1.29, 1.82) is 0 Å². The summed E-state index contributed by atoms with van der Waals surface area (Å²) in [5.74, 6) is 0.658. The van der Waals surface area contributed by atoms with Crippen molar-refractivity contribution in [1.82, 2.24) is 5.32 Å². The summed E-state index contributed by atoms with van der Waals surface area (Å²) in [5.41, 5.74) is 1.41. The second-order valence-corrected chi connectivity index (χ2v) is 6.95. The third-order valence-corrected chi connectivity index (χ3v) is 4.83. The number of halogens is 1. The van der Waals surface area contributed by atoms with Crippen LogP contribution in [0.2, 0.25) is 0 Å². The molecular formula is C18H28BrNO. The van der Waals surface area contributed by atoms with Crippen LogP contribution in [-0.4, -0.2) is 25.8 Å². The molecule has 0 aliphatic heterocycles. The topological polar surface area (TPSA) is 21.3 Å². The monoisotopic (exact) mass is 353 g/mol. The van der Waals surface area contributed by atoms with Crippen LogP contribution in [0.5, 0.6) is 0 Å². The average molecular weight is 354 g/mol. The summed E-state index contributed by atoms with van der Waals surface area (Å²) in [7, 11) is 0. The lowest BCUT2D eigenvalue weighted by atomic mass is 9.96. The highest BCUT2D eigenvalue weighted by atomic mass is 79.9. The van der Waals surface area contributed by atoms with Crippen molar-refractivity contribution < 1.29 is 4.74 Å². The summed E-state index contributed by atoms with van der Waals surface area (Å²) in [6.07, 6.45) is 7.37. The first-order valence-corrected chi connectivity index (χ1v) is 9.13. The quantitative estimate of drug-likeness (QED) is 0.588. The second kappa shape index (κ2) is 9.60. The predicted molar refractivity (Wildman–Crippen MR) is 92.7 cm³/mol. The van der Waals surface area contributed by atoms with Crippen molar-refractivity contribution in [2.75, 3.05) is 19.8 Å². The highest BCUT2D eigenvalue weighted by Crippen LogP contribution is 2.23. The molecule has 1 N–H and O–H groups in total. The van der Waals surface area contributed by atoms with Crippen molar-refractivity contribution in [3.05, 3.63) is 34.3 Å². The number of ether oxygens (including phenoxy) is 1. The zero-order chi connectivity index (χ0) is 14.9. The molecule has 1 aliphatic carbocycles. The molecule has 21 heavy (non-hydrogen) atoms. The highest BCUT2D eigenvalue weighted by Gasteiger charge is 2.22. The molecule has 0 saturated heterocycles. The minimum absolute atomic E-state index is 0.658. The Morgan fingerprint density at radius 3 is 2.81 bits per heavy atom. The number of benzene rings is 1. The predicted octanol–water partition coefficient (Wildman–Crippen LogP) is 4.57. The molecule has 1 unspecified atom stereocenters. The molecule has 1 aromatic carbocycles. The maximum absolute atomic E-state index is 5.76. The average Bonchev–Trinajstić information content (AvgIpc) is 3.30. The number of unbranched alkanes of at least 4 members (excludes halogenated alkanes) is 1. The molecule has 0 aromatic heterocycles. The van der Waals surface area contributed by atoms with Gasteiger partial charge in [0.25, 0.3) is 0 Å². The summed E-state index contributed by atoms with van der Waals surface area (Å²) in [4.78, 5) is 0. The van der Waals surface area contributed by atoms with Gasteiger partial charge in [-0.1, -0.05) is 47.5 Å². The van der Waals surface area contributed by atoms with E-state index in [1.54, 1.807) is 0 Å². The summed E-state index contributed by atoms with van der Waals surface area (Å²) >= 11 is 3.67. The van der Waals surface area contributed by atoms with Gasteiger partial charge in [0, 0.05) is 23.7 Å². The van der Waals surface area contributed by atoms with Crippen LogP contribution in [0.3, 0.4) is 0 Å². The maximum Gasteiger partial charge on any atom is 0.0469 e. The lowest BCUT2D eigenvalue weighted by molar-refractivity contribution is 0.117. The summed E-state index contributed by atoms with van der Waals surface area (Å²) in [5, 5.41) is 3.68. The molecule has 0 bridgehead atoms. The standard InChI is InChI=1S/C18H28BrNO/c1-2-3-11-21-12-10-15(14-20-17-8-9-17)13-16-6-4-5-7-18(16)19/h4-7,15,17,20H,2-3,8-14H2,1H3. The molecule has 1 aliphatic rings. The lowest BCUT2D eigenvalue weighted by Gasteiger charge is -2.18. The Kier molecular flexibility index (Phi) is 7.76. The first kappa shape index (κ1) is 17.0. The SMILES string of the molecule is CCCCOCCC(CNC1CC1)Cc1ccccc1Br. The van der Waals surface area contributed by atoms with Crippen LogP contribution in [0.4, 0.5) is 0 Å². The number of hydrogen-bond acceptors (Lipinski definition) is 2. The maximum atomic E-state index is 5.76. The zero-order valence-corrected chi connectivity index (χ0v) is 14.7. The number of nitrogens with one attached hydrogen (secondary N) is 1. The fourth-order valence-corrected chi connectivity index (χ4v) is 2.92. The van der Waals surface area contributed by atoms with Gasteiger partial charge in [-0.25, -0.2) is 0 Å². The molecule has 0 heterocycles. The van der Waals surface area contributed by atoms with E-state index in [9.17, 15) is 0 Å². The van der Waals surface area contributed by atoms with Gasteiger partial charge < -0.3 is 10.1 Å². The van der Waals surface area contributed by atoms with E-state index in [1.165, 1.54) is 35.7 Å². The lowest BCUT2D eigenvalue weighted by Crippen LogP contribution is -2.27. The smallest absolute Gasteiger partial charge is 0.0469 e. The Hall–Kier alpha value is -0.380. The Morgan fingerprint density at radius 1 is 1.29 bits per heavy atom. The molecule has 1 aromatic rings. The van der Waals surface area contributed by atoms with Gasteiger partial charge in [-0.3, -0.25) is 0 Å². The minimum atomic E-state index is 0.658. The molecule has 0 radical (unpaired) electrons. The van der Waals surface area contributed by atoms with Gasteiger partial charge in [0.2, 0.25) is 0 Å². The zero-order valence-electron chi connectivity index (χ0n) is 13.1. The van der Waals surface area contributed by atoms with E-state index < -0.39 is 0 Å². The molecule has 2 rings (SSSR count). The van der Waals surface area contributed by atoms with Crippen molar-refractivity contribution in [2.24, 2.45) is 5.92 Å². The van der Waals surface area contributed by atoms with Gasteiger partial charge in [0.05, 0.1) is 0 Å². The molecule has 0 amide bonds. The summed E-state index contributed by atoms with van der Waals surface area (Å²) in [6.45, 7) is 5.12. The van der Waals surface area contributed by atoms with Crippen LogP contribution in [0.15, 0.2) is 28.7 Å². The molecule has 1 atom stereocenters. The van der Waals surface area contributed by atoms with E-state index in [0.29, 0.717) is 5.92 Å². The molecule has 0 spiro atoms. The highest BCUT2D eigenvalue weighted by molar-refractivity contribution is 9.10. The fraction of sp³-hybridized carbons (Fsp3) is 0.667. The molecule has 3 heteroatoms. The van der Waals surface area contributed by atoms with Crippen molar-refractivity contribution in [3.63, 3.8) is 0 Å². The summed E-state index contributed by atoms with van der Waals surface area (Å²) in [6, 6.07) is 9.36. The van der Waals surface area contributed by atoms with E-state index >= 15 is 0 Å². The van der Waals surface area contributed by atoms with Crippen LogP contribution in [-0.2, 0) is 11.2 Å². The van der Waals surface area contributed by atoms with Gasteiger partial charge in [-0.05, 0) is 56.2 Å². The summed E-state index contributed by atoms with van der Waals surface area (Å²) < 4.78 is 6.99. The van der Waals surface area contributed by atoms with Crippen molar-refractivity contribution >= 4 is 15.9 Å². The van der Waals surface area contributed by atoms with E-state index in [1.807, 2.05) is 0 Å². The molecule has 1 fully saturated rings. The van der Waals surface area contributed by atoms with E-state index in [2.05, 4.69) is 52.4 Å². The normalized spacial score (nSPS) is 16.1. The first-order chi connectivity index (χ1) is 10.3. The van der Waals surface area contributed by atoms with Gasteiger partial charge in [-0.2, -0.15) is 0 Å². The molecular weight excluding hydrogens is 326 g/mol. The third kappa shape index (κ3) is 6.94. The molecule has 2 nitrogen and oxygen atoms in total. The minimum Gasteiger partial charge on any atom is -0.381 e. The van der Waals surface area contributed by atoms with Crippen LogP contribution < -0.4 is 5.32 Å². The third-order valence-electron chi connectivity index (χ3n) is 4.05. The van der Waals surface area contributed by atoms with Crippen LogP contribution >= 0.6 is 15.9 Å². The van der Waals surface area contributed by atoms with Crippen molar-refractivity contribution in [3.8, 4) is 0 Å². The number of hydrogen-bond donors (Lipinski definition) is 1. The van der Waals surface area contributed by atoms with Gasteiger partial charge in [0.15, 0.2) is 0 Å². The van der Waals surface area contributed by atoms with Gasteiger partial charge in [0.1, 0.15) is 0 Å². The first-order valence-electron chi connectivity index (χ1n) is 8.34. The molecule has 118 valence electrons. The Labute approximate surface area is 137 Å². The Bertz CT molecular complexity index is 406.